The van der Waals surface area contributed by atoms with Crippen LogP contribution in [0.1, 0.15) is 63.9 Å². The third-order valence-corrected chi connectivity index (χ3v) is 5.89. The fourth-order valence-corrected chi connectivity index (χ4v) is 3.95. The summed E-state index contributed by atoms with van der Waals surface area (Å²) in [6.07, 6.45) is 2.12. The van der Waals surface area contributed by atoms with E-state index in [2.05, 4.69) is 6.92 Å². The molecule has 0 bridgehead atoms. The highest BCUT2D eigenvalue weighted by Crippen LogP contribution is 2.46. The Morgan fingerprint density at radius 1 is 0.967 bits per heavy atom. The Bertz CT molecular complexity index is 679. The van der Waals surface area contributed by atoms with Crippen molar-refractivity contribution < 1.29 is 40.2 Å². The van der Waals surface area contributed by atoms with Crippen molar-refractivity contribution in [2.75, 3.05) is 6.61 Å². The molecule has 1 aliphatic heterocycles. The van der Waals surface area contributed by atoms with Gasteiger partial charge in [0.2, 0.25) is 0 Å². The quantitative estimate of drug-likeness (QED) is 0.224. The number of unbranched alkanes of at least 4 members (excludes halogenated alkanes) is 6. The lowest BCUT2D eigenvalue weighted by atomic mass is 9.73. The second kappa shape index (κ2) is 10.3. The number of aliphatic hydroxyl groups excluding tert-OH is 2. The minimum Gasteiger partial charge on any atom is -0.394 e. The predicted octanol–water partition coefficient (Wildman–Crippen LogP) is 0.706. The molecule has 0 spiro atoms. The molecule has 4 atom stereocenters. The Balaban J connectivity index is 2.15. The normalized spacial score (nSPS) is 30.9. The number of carbonyl (C=O) groups excluding carboxylic acids is 1. The van der Waals surface area contributed by atoms with Gasteiger partial charge in [-0.25, -0.2) is 0 Å². The van der Waals surface area contributed by atoms with Gasteiger partial charge in [0.05, 0.1) is 6.61 Å². The summed E-state index contributed by atoms with van der Waals surface area (Å²) in [5.41, 5.74) is -2.91. The highest BCUT2D eigenvalue weighted by molar-refractivity contribution is 5.89. The fraction of sp³-hybridized carbons (Fsp3) is 0.682. The molecule has 0 aliphatic carbocycles. The third-order valence-electron chi connectivity index (χ3n) is 5.89. The fourth-order valence-electron chi connectivity index (χ4n) is 3.95. The van der Waals surface area contributed by atoms with Crippen LogP contribution >= 0.6 is 0 Å². The molecule has 2 rings (SSSR count). The highest BCUT2D eigenvalue weighted by atomic mass is 16.7. The lowest BCUT2D eigenvalue weighted by Gasteiger charge is -2.54. The maximum absolute atomic E-state index is 12.8. The Morgan fingerprint density at radius 2 is 1.53 bits per heavy atom. The van der Waals surface area contributed by atoms with Gasteiger partial charge in [-0.1, -0.05) is 75.8 Å². The van der Waals surface area contributed by atoms with E-state index in [1.165, 1.54) is 24.3 Å². The summed E-state index contributed by atoms with van der Waals surface area (Å²) in [6.45, 7) is 1.19. The number of aliphatic hydroxyl groups is 6. The molecule has 170 valence electrons. The highest BCUT2D eigenvalue weighted by Gasteiger charge is 2.71. The average molecular weight is 427 g/mol. The summed E-state index contributed by atoms with van der Waals surface area (Å²) < 4.78 is 5.28. The summed E-state index contributed by atoms with van der Waals surface area (Å²) in [5.74, 6) is -7.16. The minimum absolute atomic E-state index is 0.117. The van der Waals surface area contributed by atoms with Crippen molar-refractivity contribution in [3.63, 3.8) is 0 Å². The SMILES string of the molecule is CCCCCCCCCC(=O)[C@]1(O)[C@H](O)C(O)(O)[C@@](O)(c2ccccc2)O[C@@H]1CO. The Morgan fingerprint density at radius 3 is 2.10 bits per heavy atom. The van der Waals surface area contributed by atoms with Crippen molar-refractivity contribution in [1.29, 1.82) is 0 Å². The molecule has 8 nitrogen and oxygen atoms in total. The molecule has 0 aromatic heterocycles. The number of hydrogen-bond donors (Lipinski definition) is 6. The van der Waals surface area contributed by atoms with E-state index in [9.17, 15) is 35.4 Å². The van der Waals surface area contributed by atoms with E-state index in [1.54, 1.807) is 6.07 Å². The molecule has 6 N–H and O–H groups in total. The molecule has 0 unspecified atom stereocenters. The first kappa shape index (κ1) is 24.9. The van der Waals surface area contributed by atoms with Crippen LogP contribution in [0.5, 0.6) is 0 Å². The minimum atomic E-state index is -3.41. The predicted molar refractivity (Wildman–Crippen MR) is 108 cm³/mol. The number of ketones is 1. The van der Waals surface area contributed by atoms with Crippen LogP contribution in [0.15, 0.2) is 30.3 Å². The van der Waals surface area contributed by atoms with Gasteiger partial charge in [-0.2, -0.15) is 0 Å². The molecule has 0 saturated carbocycles. The molecule has 1 aliphatic rings. The summed E-state index contributed by atoms with van der Waals surface area (Å²) in [5, 5.41) is 63.2. The molecule has 1 fully saturated rings. The number of rotatable bonds is 11. The summed E-state index contributed by atoms with van der Waals surface area (Å²) in [4.78, 5) is 12.8. The number of carbonyl (C=O) groups is 1. The third kappa shape index (κ3) is 4.60. The number of ether oxygens (including phenoxy) is 1. The average Bonchev–Trinajstić information content (AvgIpc) is 2.75. The topological polar surface area (TPSA) is 148 Å². The first-order chi connectivity index (χ1) is 14.2. The van der Waals surface area contributed by atoms with E-state index < -0.39 is 41.8 Å². The Hall–Kier alpha value is -1.39. The van der Waals surface area contributed by atoms with Crippen LogP contribution in [0.3, 0.4) is 0 Å². The zero-order valence-corrected chi connectivity index (χ0v) is 17.4. The monoisotopic (exact) mass is 426 g/mol. The first-order valence-electron chi connectivity index (χ1n) is 10.6. The molecule has 1 aromatic rings. The Kier molecular flexibility index (Phi) is 8.52. The van der Waals surface area contributed by atoms with Crippen LogP contribution < -0.4 is 0 Å². The van der Waals surface area contributed by atoms with Crippen LogP contribution in [0.4, 0.5) is 0 Å². The van der Waals surface area contributed by atoms with Crippen molar-refractivity contribution in [3.05, 3.63) is 35.9 Å². The number of Topliss-reactive ketones (excluding diaryl/α,β-unsaturated/α-hetero) is 1. The van der Waals surface area contributed by atoms with Gasteiger partial charge >= 0.3 is 0 Å². The lowest BCUT2D eigenvalue weighted by molar-refractivity contribution is -0.466. The zero-order chi connectivity index (χ0) is 22.4. The van der Waals surface area contributed by atoms with Gasteiger partial charge in [0.1, 0.15) is 6.10 Å². The van der Waals surface area contributed by atoms with Crippen LogP contribution in [-0.4, -0.2) is 66.6 Å². The molecular weight excluding hydrogens is 392 g/mol. The van der Waals surface area contributed by atoms with E-state index in [4.69, 9.17) is 4.74 Å². The van der Waals surface area contributed by atoms with Crippen molar-refractivity contribution in [3.8, 4) is 0 Å². The molecule has 1 saturated heterocycles. The van der Waals surface area contributed by atoms with Gasteiger partial charge < -0.3 is 35.4 Å². The van der Waals surface area contributed by atoms with E-state index in [0.717, 1.165) is 38.5 Å². The maximum atomic E-state index is 12.8. The second-order valence-corrected chi connectivity index (χ2v) is 8.05. The van der Waals surface area contributed by atoms with Crippen molar-refractivity contribution in [2.45, 2.75) is 87.7 Å². The Labute approximate surface area is 176 Å². The summed E-state index contributed by atoms with van der Waals surface area (Å²) in [7, 11) is 0. The van der Waals surface area contributed by atoms with Gasteiger partial charge in [-0.05, 0) is 6.42 Å². The van der Waals surface area contributed by atoms with Crippen LogP contribution in [0.25, 0.3) is 0 Å². The lowest BCUT2D eigenvalue weighted by Crippen LogP contribution is -2.78. The van der Waals surface area contributed by atoms with Crippen molar-refractivity contribution in [2.24, 2.45) is 0 Å². The van der Waals surface area contributed by atoms with Crippen LogP contribution in [0, 0.1) is 0 Å². The van der Waals surface area contributed by atoms with Gasteiger partial charge in [0.25, 0.3) is 11.6 Å². The molecular formula is C22H34O8. The molecule has 8 heteroatoms. The molecule has 1 heterocycles. The van der Waals surface area contributed by atoms with Crippen LogP contribution in [0.2, 0.25) is 0 Å². The van der Waals surface area contributed by atoms with Gasteiger partial charge in [-0.3, -0.25) is 4.79 Å². The van der Waals surface area contributed by atoms with Crippen molar-refractivity contribution in [1.82, 2.24) is 0 Å². The molecule has 0 radical (unpaired) electrons. The number of hydrogen-bond acceptors (Lipinski definition) is 8. The molecule has 1 aromatic carbocycles. The van der Waals surface area contributed by atoms with E-state index in [-0.39, 0.29) is 12.0 Å². The first-order valence-corrected chi connectivity index (χ1v) is 10.6. The summed E-state index contributed by atoms with van der Waals surface area (Å²) >= 11 is 0. The maximum Gasteiger partial charge on any atom is 0.253 e. The number of benzene rings is 1. The van der Waals surface area contributed by atoms with Crippen molar-refractivity contribution >= 4 is 5.78 Å². The van der Waals surface area contributed by atoms with Gasteiger partial charge in [0, 0.05) is 12.0 Å². The summed E-state index contributed by atoms with van der Waals surface area (Å²) in [6, 6.07) is 7.27. The molecule has 0 amide bonds. The largest absolute Gasteiger partial charge is 0.394 e. The van der Waals surface area contributed by atoms with E-state index >= 15 is 0 Å². The molecule has 30 heavy (non-hydrogen) atoms. The van der Waals surface area contributed by atoms with E-state index in [1.807, 2.05) is 0 Å². The van der Waals surface area contributed by atoms with Gasteiger partial charge in [-0.15, -0.1) is 0 Å². The van der Waals surface area contributed by atoms with Gasteiger partial charge in [0.15, 0.2) is 17.5 Å². The standard InChI is InChI=1S/C22H34O8/c1-2-3-4-5-6-7-11-14-17(24)20(26)18(15-23)30-22(29,21(27,28)19(20)25)16-12-9-8-10-13-16/h8-10,12-13,18-19,23,25-29H,2-7,11,14-15H2,1H3/t18-,19+,20-,22-/m1/s1. The smallest absolute Gasteiger partial charge is 0.253 e. The van der Waals surface area contributed by atoms with E-state index in [0.29, 0.717) is 6.42 Å². The van der Waals surface area contributed by atoms with Crippen LogP contribution in [-0.2, 0) is 15.3 Å². The zero-order valence-electron chi connectivity index (χ0n) is 17.4. The second-order valence-electron chi connectivity index (χ2n) is 8.05.